The minimum absolute atomic E-state index is 0.0506. The molecule has 0 saturated heterocycles. The second-order valence-corrected chi connectivity index (χ2v) is 6.03. The molecule has 0 aliphatic heterocycles. The van der Waals surface area contributed by atoms with Crippen LogP contribution in [0.5, 0.6) is 11.5 Å². The zero-order chi connectivity index (χ0) is 14.5. The van der Waals surface area contributed by atoms with E-state index in [0.29, 0.717) is 23.4 Å². The Morgan fingerprint density at radius 2 is 1.80 bits per heavy atom. The Hall–Kier alpha value is -0.780. The first kappa shape index (κ1) is 15.6. The predicted molar refractivity (Wildman–Crippen MR) is 84.2 cm³/mol. The summed E-state index contributed by atoms with van der Waals surface area (Å²) in [5, 5.41) is 0.0506. The van der Waals surface area contributed by atoms with Crippen molar-refractivity contribution in [3.8, 4) is 11.5 Å². The molecule has 0 spiro atoms. The van der Waals surface area contributed by atoms with Crippen LogP contribution >= 0.6 is 43.5 Å². The zero-order valence-electron chi connectivity index (χ0n) is 10.2. The van der Waals surface area contributed by atoms with Crippen molar-refractivity contribution in [3.05, 3.63) is 56.2 Å². The molecular formula is C14H10Br2ClFO2. The topological polar surface area (TPSA) is 18.5 Å². The van der Waals surface area contributed by atoms with E-state index in [0.717, 1.165) is 10.2 Å². The number of hydrogen-bond donors (Lipinski definition) is 0. The van der Waals surface area contributed by atoms with Crippen LogP contribution in [-0.2, 0) is 0 Å². The van der Waals surface area contributed by atoms with Crippen molar-refractivity contribution in [2.45, 2.75) is 0 Å². The molecular weight excluding hydrogens is 414 g/mol. The van der Waals surface area contributed by atoms with Crippen molar-refractivity contribution in [3.63, 3.8) is 0 Å². The predicted octanol–water partition coefficient (Wildman–Crippen LogP) is 5.46. The quantitative estimate of drug-likeness (QED) is 0.469. The van der Waals surface area contributed by atoms with Gasteiger partial charge in [-0.05, 0) is 40.2 Å². The van der Waals surface area contributed by atoms with Crippen LogP contribution in [0.4, 0.5) is 4.39 Å². The second kappa shape index (κ2) is 7.29. The van der Waals surface area contributed by atoms with Gasteiger partial charge in [-0.25, -0.2) is 4.39 Å². The fraction of sp³-hybridized carbons (Fsp3) is 0.143. The lowest BCUT2D eigenvalue weighted by Gasteiger charge is -2.10. The first-order valence-corrected chi connectivity index (χ1v) is 7.68. The van der Waals surface area contributed by atoms with Gasteiger partial charge in [0, 0.05) is 10.5 Å². The molecule has 6 heteroatoms. The average molecular weight is 424 g/mol. The van der Waals surface area contributed by atoms with Gasteiger partial charge in [0.15, 0.2) is 0 Å². The maximum Gasteiger partial charge on any atom is 0.145 e. The SMILES string of the molecule is Fc1cc(OCCOc2cccc(Br)c2)c(Br)cc1Cl. The van der Waals surface area contributed by atoms with E-state index in [1.165, 1.54) is 12.1 Å². The van der Waals surface area contributed by atoms with E-state index in [1.54, 1.807) is 0 Å². The molecule has 0 unspecified atom stereocenters. The molecule has 2 nitrogen and oxygen atoms in total. The number of ether oxygens (including phenoxy) is 2. The number of hydrogen-bond acceptors (Lipinski definition) is 2. The van der Waals surface area contributed by atoms with E-state index in [-0.39, 0.29) is 5.02 Å². The highest BCUT2D eigenvalue weighted by Gasteiger charge is 2.07. The summed E-state index contributed by atoms with van der Waals surface area (Å²) in [6.07, 6.45) is 0. The van der Waals surface area contributed by atoms with Crippen LogP contribution in [0.15, 0.2) is 45.3 Å². The summed E-state index contributed by atoms with van der Waals surface area (Å²) >= 11 is 12.3. The Bertz CT molecular complexity index is 608. The molecule has 0 aliphatic carbocycles. The van der Waals surface area contributed by atoms with E-state index in [4.69, 9.17) is 21.1 Å². The highest BCUT2D eigenvalue weighted by molar-refractivity contribution is 9.10. The van der Waals surface area contributed by atoms with Gasteiger partial charge in [0.2, 0.25) is 0 Å². The van der Waals surface area contributed by atoms with Crippen LogP contribution in [0.25, 0.3) is 0 Å². The summed E-state index contributed by atoms with van der Waals surface area (Å²) in [6, 6.07) is 10.2. The maximum atomic E-state index is 13.3. The van der Waals surface area contributed by atoms with Crippen LogP contribution in [0.3, 0.4) is 0 Å². The molecule has 0 radical (unpaired) electrons. The van der Waals surface area contributed by atoms with Gasteiger partial charge >= 0.3 is 0 Å². The van der Waals surface area contributed by atoms with Crippen LogP contribution in [-0.4, -0.2) is 13.2 Å². The summed E-state index contributed by atoms with van der Waals surface area (Å²) in [4.78, 5) is 0. The number of benzene rings is 2. The molecule has 106 valence electrons. The summed E-state index contributed by atoms with van der Waals surface area (Å²) in [5.41, 5.74) is 0. The summed E-state index contributed by atoms with van der Waals surface area (Å²) in [5.74, 6) is 0.617. The molecule has 0 fully saturated rings. The summed E-state index contributed by atoms with van der Waals surface area (Å²) in [6.45, 7) is 0.652. The lowest BCUT2D eigenvalue weighted by molar-refractivity contribution is 0.215. The fourth-order valence-electron chi connectivity index (χ4n) is 1.48. The van der Waals surface area contributed by atoms with E-state index in [9.17, 15) is 4.39 Å². The third-order valence-electron chi connectivity index (χ3n) is 2.38. The minimum Gasteiger partial charge on any atom is -0.490 e. The van der Waals surface area contributed by atoms with E-state index >= 15 is 0 Å². The smallest absolute Gasteiger partial charge is 0.145 e. The Morgan fingerprint density at radius 1 is 1.05 bits per heavy atom. The highest BCUT2D eigenvalue weighted by Crippen LogP contribution is 2.30. The third kappa shape index (κ3) is 4.36. The van der Waals surface area contributed by atoms with Crippen LogP contribution < -0.4 is 9.47 Å². The van der Waals surface area contributed by atoms with Gasteiger partial charge in [0.1, 0.15) is 30.5 Å². The monoisotopic (exact) mass is 422 g/mol. The first-order valence-electron chi connectivity index (χ1n) is 5.72. The molecule has 0 bridgehead atoms. The zero-order valence-corrected chi connectivity index (χ0v) is 14.1. The fourth-order valence-corrected chi connectivity index (χ4v) is 2.61. The molecule has 0 aliphatic rings. The summed E-state index contributed by atoms with van der Waals surface area (Å²) in [7, 11) is 0. The Balaban J connectivity index is 1.86. The van der Waals surface area contributed by atoms with Gasteiger partial charge in [-0.3, -0.25) is 0 Å². The van der Waals surface area contributed by atoms with Crippen molar-refractivity contribution < 1.29 is 13.9 Å². The summed E-state index contributed by atoms with van der Waals surface area (Å²) < 4.78 is 25.8. The maximum absolute atomic E-state index is 13.3. The van der Waals surface area contributed by atoms with Gasteiger partial charge in [0.25, 0.3) is 0 Å². The van der Waals surface area contributed by atoms with Gasteiger partial charge in [0.05, 0.1) is 9.50 Å². The molecule has 2 aromatic rings. The largest absolute Gasteiger partial charge is 0.490 e. The van der Waals surface area contributed by atoms with Crippen molar-refractivity contribution in [1.82, 2.24) is 0 Å². The third-order valence-corrected chi connectivity index (χ3v) is 3.78. The van der Waals surface area contributed by atoms with E-state index < -0.39 is 5.82 Å². The molecule has 0 heterocycles. The molecule has 20 heavy (non-hydrogen) atoms. The van der Waals surface area contributed by atoms with Gasteiger partial charge in [-0.1, -0.05) is 33.6 Å². The Kier molecular flexibility index (Phi) is 5.69. The van der Waals surface area contributed by atoms with Gasteiger partial charge < -0.3 is 9.47 Å². The first-order chi connectivity index (χ1) is 9.56. The second-order valence-electron chi connectivity index (χ2n) is 3.85. The van der Waals surface area contributed by atoms with Crippen molar-refractivity contribution in [1.29, 1.82) is 0 Å². The number of rotatable bonds is 5. The average Bonchev–Trinajstić information content (AvgIpc) is 2.40. The van der Waals surface area contributed by atoms with Crippen LogP contribution in [0.1, 0.15) is 0 Å². The Morgan fingerprint density at radius 3 is 2.55 bits per heavy atom. The van der Waals surface area contributed by atoms with Crippen LogP contribution in [0, 0.1) is 5.82 Å². The van der Waals surface area contributed by atoms with Gasteiger partial charge in [-0.15, -0.1) is 0 Å². The normalized spacial score (nSPS) is 10.4. The Labute approximate surface area is 138 Å². The molecule has 2 rings (SSSR count). The molecule has 2 aromatic carbocycles. The van der Waals surface area contributed by atoms with E-state index in [2.05, 4.69) is 31.9 Å². The molecule has 0 N–H and O–H groups in total. The lowest BCUT2D eigenvalue weighted by Crippen LogP contribution is -2.09. The molecule has 0 atom stereocenters. The molecule has 0 amide bonds. The van der Waals surface area contributed by atoms with Crippen LogP contribution in [0.2, 0.25) is 5.02 Å². The van der Waals surface area contributed by atoms with Gasteiger partial charge in [-0.2, -0.15) is 0 Å². The van der Waals surface area contributed by atoms with Crippen molar-refractivity contribution in [2.75, 3.05) is 13.2 Å². The minimum atomic E-state index is -0.516. The standard InChI is InChI=1S/C14H10Br2ClFO2/c15-9-2-1-3-10(6-9)19-4-5-20-14-8-13(18)12(17)7-11(14)16/h1-3,6-8H,4-5H2. The van der Waals surface area contributed by atoms with E-state index in [1.807, 2.05) is 24.3 Å². The van der Waals surface area contributed by atoms with Crippen molar-refractivity contribution >= 4 is 43.5 Å². The highest BCUT2D eigenvalue weighted by atomic mass is 79.9. The van der Waals surface area contributed by atoms with Crippen molar-refractivity contribution in [2.24, 2.45) is 0 Å². The molecule has 0 aromatic heterocycles. The molecule has 0 saturated carbocycles. The lowest BCUT2D eigenvalue weighted by atomic mass is 10.3. The number of halogens is 4.